The summed E-state index contributed by atoms with van der Waals surface area (Å²) in [7, 11) is 0. The van der Waals surface area contributed by atoms with Crippen LogP contribution in [-0.2, 0) is 72.8 Å². The number of rotatable bonds is 0. The van der Waals surface area contributed by atoms with E-state index in [9.17, 15) is 0 Å². The molecule has 0 aliphatic rings. The Bertz CT molecular complexity index is 9.65. The van der Waals surface area contributed by atoms with Crippen LogP contribution < -0.4 is 0 Å². The first-order chi connectivity index (χ1) is 0. The van der Waals surface area contributed by atoms with E-state index in [4.69, 9.17) is 0 Å². The van der Waals surface area contributed by atoms with E-state index in [2.05, 4.69) is 0 Å². The minimum atomic E-state index is 0. The molecule has 0 aliphatic heterocycles. The molecular weight excluding hydrogens is 235 g/mol. The minimum Gasteiger partial charge on any atom is -2.00 e. The maximum atomic E-state index is 0. The van der Waals surface area contributed by atoms with Crippen molar-refractivity contribution >= 4 is 0 Å². The molecule has 0 aromatic carbocycles. The smallest absolute Gasteiger partial charge is 2.00 e. The number of hydrogen-bond acceptors (Lipinski definition) is 0. The number of hydrogen-bond donors (Lipinski definition) is 0. The summed E-state index contributed by atoms with van der Waals surface area (Å²) >= 11 is 0. The Hall–Kier alpha value is 1.39. The molecule has 0 aromatic heterocycles. The standard InChI is InChI=1S/Co.2Fe.4O/q+2;2*+3;4*-2. The third-order valence-corrected chi connectivity index (χ3v) is 0. The van der Waals surface area contributed by atoms with Crippen molar-refractivity contribution in [2.75, 3.05) is 0 Å². The molecular formula is CoFe2O4. The molecule has 0 N–H and O–H groups in total. The first-order valence-corrected chi connectivity index (χ1v) is 0. The zero-order valence-corrected chi connectivity index (χ0v) is 5.92. The molecule has 0 amide bonds. The van der Waals surface area contributed by atoms with Crippen LogP contribution in [0, 0.1) is 0 Å². The van der Waals surface area contributed by atoms with Gasteiger partial charge in [0.1, 0.15) is 0 Å². The van der Waals surface area contributed by atoms with Crippen molar-refractivity contribution in [2.24, 2.45) is 0 Å². The first kappa shape index (κ1) is 238. The third kappa shape index (κ3) is 112. The normalized spacial score (nSPS) is 0. The van der Waals surface area contributed by atoms with E-state index >= 15 is 0 Å². The summed E-state index contributed by atoms with van der Waals surface area (Å²) in [5.41, 5.74) is 0. The first-order valence-electron chi connectivity index (χ1n) is 0. The molecule has 0 unspecified atom stereocenters. The summed E-state index contributed by atoms with van der Waals surface area (Å²) in [4.78, 5) is 0. The topological polar surface area (TPSA) is 114 Å². The fourth-order valence-electron chi connectivity index (χ4n) is 0. The van der Waals surface area contributed by atoms with Gasteiger partial charge >= 0.3 is 50.9 Å². The van der Waals surface area contributed by atoms with Gasteiger partial charge in [-0.05, 0) is 0 Å². The Balaban J connectivity index is 0. The Morgan fingerprint density at radius 1 is 0.429 bits per heavy atom. The summed E-state index contributed by atoms with van der Waals surface area (Å²) in [5, 5.41) is 0. The Morgan fingerprint density at radius 3 is 0.429 bits per heavy atom. The average molecular weight is 235 g/mol. The predicted octanol–water partition coefficient (Wildman–Crippen LogP) is -0.483. The van der Waals surface area contributed by atoms with Crippen molar-refractivity contribution < 1.29 is 72.8 Å². The van der Waals surface area contributed by atoms with Gasteiger partial charge in [-0.1, -0.05) is 0 Å². The molecule has 0 atom stereocenters. The van der Waals surface area contributed by atoms with E-state index in [-0.39, 0.29) is 72.8 Å². The van der Waals surface area contributed by atoms with Gasteiger partial charge in [-0.25, -0.2) is 0 Å². The van der Waals surface area contributed by atoms with Crippen LogP contribution in [0.25, 0.3) is 0 Å². The molecule has 4 nitrogen and oxygen atoms in total. The summed E-state index contributed by atoms with van der Waals surface area (Å²) in [6.45, 7) is 0. The average Bonchev–Trinajstić information content (AvgIpc) is 0. The molecule has 7 heteroatoms. The molecule has 0 spiro atoms. The van der Waals surface area contributed by atoms with E-state index in [1.807, 2.05) is 0 Å². The van der Waals surface area contributed by atoms with Crippen LogP contribution >= 0.6 is 0 Å². The van der Waals surface area contributed by atoms with E-state index in [1.54, 1.807) is 0 Å². The molecule has 0 rings (SSSR count). The van der Waals surface area contributed by atoms with Gasteiger partial charge in [0.2, 0.25) is 0 Å². The minimum absolute atomic E-state index is 0. The maximum absolute atomic E-state index is 0. The van der Waals surface area contributed by atoms with Crippen molar-refractivity contribution in [3.05, 3.63) is 0 Å². The zero-order valence-electron chi connectivity index (χ0n) is 2.67. The Labute approximate surface area is 72.8 Å². The molecule has 0 heterocycles. The molecule has 0 saturated carbocycles. The van der Waals surface area contributed by atoms with Crippen molar-refractivity contribution in [1.82, 2.24) is 0 Å². The molecule has 0 bridgehead atoms. The molecule has 3 radical (unpaired) electrons. The van der Waals surface area contributed by atoms with E-state index < -0.39 is 0 Å². The fraction of sp³-hybridized carbons (Fsp3) is 0. The molecule has 0 saturated heterocycles. The molecule has 7 heavy (non-hydrogen) atoms. The third-order valence-electron chi connectivity index (χ3n) is 0. The second-order valence-electron chi connectivity index (χ2n) is 0. The SMILES string of the molecule is [Co+2].[Fe+3].[Fe+3].[O-2].[O-2].[O-2].[O-2]. The second-order valence-corrected chi connectivity index (χ2v) is 0. The van der Waals surface area contributed by atoms with Crippen LogP contribution in [0.15, 0.2) is 0 Å². The van der Waals surface area contributed by atoms with E-state index in [1.165, 1.54) is 0 Å². The van der Waals surface area contributed by atoms with Crippen molar-refractivity contribution in [1.29, 1.82) is 0 Å². The van der Waals surface area contributed by atoms with Gasteiger partial charge in [0.25, 0.3) is 0 Å². The van der Waals surface area contributed by atoms with Gasteiger partial charge in [0.05, 0.1) is 0 Å². The van der Waals surface area contributed by atoms with Crippen molar-refractivity contribution in [2.45, 2.75) is 0 Å². The molecule has 0 fully saturated rings. The monoisotopic (exact) mass is 235 g/mol. The molecule has 0 aliphatic carbocycles. The van der Waals surface area contributed by atoms with Gasteiger partial charge < -0.3 is 21.9 Å². The van der Waals surface area contributed by atoms with E-state index in [0.717, 1.165) is 0 Å². The van der Waals surface area contributed by atoms with Crippen LogP contribution in [0.3, 0.4) is 0 Å². The summed E-state index contributed by atoms with van der Waals surface area (Å²) in [5.74, 6) is 0. The van der Waals surface area contributed by atoms with Crippen LogP contribution in [0.1, 0.15) is 0 Å². The van der Waals surface area contributed by atoms with Gasteiger partial charge in [-0.15, -0.1) is 0 Å². The van der Waals surface area contributed by atoms with Crippen LogP contribution in [0.2, 0.25) is 0 Å². The Kier molecular flexibility index (Phi) is 5340. The van der Waals surface area contributed by atoms with Crippen molar-refractivity contribution in [3.8, 4) is 0 Å². The van der Waals surface area contributed by atoms with Gasteiger partial charge in [-0.2, -0.15) is 0 Å². The van der Waals surface area contributed by atoms with E-state index in [0.29, 0.717) is 0 Å². The van der Waals surface area contributed by atoms with Crippen molar-refractivity contribution in [3.63, 3.8) is 0 Å². The van der Waals surface area contributed by atoms with Gasteiger partial charge in [0.15, 0.2) is 0 Å². The molecule has 0 aromatic rings. The Morgan fingerprint density at radius 2 is 0.429 bits per heavy atom. The quantitative estimate of drug-likeness (QED) is 0.504. The molecule has 49 valence electrons. The second kappa shape index (κ2) is 157. The van der Waals surface area contributed by atoms with Crippen LogP contribution in [0.5, 0.6) is 0 Å². The van der Waals surface area contributed by atoms with Crippen LogP contribution in [0.4, 0.5) is 0 Å². The fourth-order valence-corrected chi connectivity index (χ4v) is 0. The van der Waals surface area contributed by atoms with Crippen LogP contribution in [-0.4, -0.2) is 0 Å². The summed E-state index contributed by atoms with van der Waals surface area (Å²) in [6.07, 6.45) is 0. The zero-order chi connectivity index (χ0) is 0. The van der Waals surface area contributed by atoms with Gasteiger partial charge in [-0.3, -0.25) is 0 Å². The summed E-state index contributed by atoms with van der Waals surface area (Å²) < 4.78 is 0. The maximum Gasteiger partial charge on any atom is 3.00 e. The predicted molar refractivity (Wildman–Crippen MR) is 2.75 cm³/mol. The summed E-state index contributed by atoms with van der Waals surface area (Å²) in [6, 6.07) is 0. The largest absolute Gasteiger partial charge is 3.00 e. The van der Waals surface area contributed by atoms with Gasteiger partial charge in [0, 0.05) is 0 Å².